The number of nitrogens with zero attached hydrogens (tertiary/aromatic N) is 1. The molecule has 0 N–H and O–H groups in total. The van der Waals surface area contributed by atoms with Gasteiger partial charge in [0.1, 0.15) is 0 Å². The van der Waals surface area contributed by atoms with E-state index >= 15 is 0 Å². The summed E-state index contributed by atoms with van der Waals surface area (Å²) in [6.45, 7) is 0. The summed E-state index contributed by atoms with van der Waals surface area (Å²) < 4.78 is 99.7. The molecule has 2 nitrogen and oxygen atoms in total. The number of rotatable bonds is 0. The lowest BCUT2D eigenvalue weighted by Crippen LogP contribution is -2.51. The molecule has 0 radical (unpaired) electrons. The van der Waals surface area contributed by atoms with E-state index in [1.807, 2.05) is 0 Å². The van der Waals surface area contributed by atoms with Crippen molar-refractivity contribution in [1.82, 2.24) is 4.90 Å². The van der Waals surface area contributed by atoms with Gasteiger partial charge < -0.3 is 0 Å². The number of alkyl halides is 8. The minimum atomic E-state index is -6.42. The van der Waals surface area contributed by atoms with Gasteiger partial charge in [0, 0.05) is 0 Å². The molecule has 1 rings (SSSR count). The molecule has 0 unspecified atom stereocenters. The zero-order chi connectivity index (χ0) is 13.2. The van der Waals surface area contributed by atoms with Crippen LogP contribution in [0.1, 0.15) is 0 Å². The molecular weight excluding hydrogens is 277 g/mol. The number of carbonyl (C=O) groups is 1. The van der Waals surface area contributed by atoms with E-state index in [9.17, 15) is 39.9 Å². The fourth-order valence-corrected chi connectivity index (χ4v) is 1.27. The van der Waals surface area contributed by atoms with Crippen LogP contribution in [0.2, 0.25) is 0 Å². The maximum absolute atomic E-state index is 12.5. The summed E-state index contributed by atoms with van der Waals surface area (Å²) in [5.41, 5.74) is 0. The second kappa shape index (κ2) is 2.90. The van der Waals surface area contributed by atoms with E-state index in [1.54, 1.807) is 0 Å². The molecule has 1 heterocycles. The molecule has 0 spiro atoms. The van der Waals surface area contributed by atoms with E-state index in [2.05, 4.69) is 11.6 Å². The molecule has 1 amide bonds. The van der Waals surface area contributed by atoms with Crippen LogP contribution >= 0.6 is 11.6 Å². The predicted octanol–water partition coefficient (Wildman–Crippen LogP) is 3.12. The molecule has 1 aliphatic rings. The van der Waals surface area contributed by atoms with Crippen molar-refractivity contribution in [3.8, 4) is 0 Å². The van der Waals surface area contributed by atoms with Gasteiger partial charge in [0.2, 0.25) is 0 Å². The first-order chi connectivity index (χ1) is 6.82. The number of carbonyl (C=O) groups excluding carboxylic acids is 1. The third-order valence-electron chi connectivity index (χ3n) is 1.89. The number of hydrogen-bond donors (Lipinski definition) is 0. The summed E-state index contributed by atoms with van der Waals surface area (Å²) in [6, 6.07) is -12.2. The summed E-state index contributed by atoms with van der Waals surface area (Å²) >= 11 is 4.17. The molecule has 0 aromatic heterocycles. The number of amides is 1. The van der Waals surface area contributed by atoms with Crippen LogP contribution in [-0.2, 0) is 0 Å². The van der Waals surface area contributed by atoms with E-state index in [4.69, 9.17) is 0 Å². The Morgan fingerprint density at radius 3 is 1.19 bits per heavy atom. The third kappa shape index (κ3) is 1.10. The Labute approximate surface area is 86.7 Å². The Kier molecular flexibility index (Phi) is 2.41. The van der Waals surface area contributed by atoms with E-state index in [-0.39, 0.29) is 0 Å². The first kappa shape index (κ1) is 13.3. The van der Waals surface area contributed by atoms with Crippen molar-refractivity contribution in [2.45, 2.75) is 23.9 Å². The standard InChI is InChI=1S/C5ClF8NO/c6-1(16)15-4(11,12)2(7,8)3(9,10)5(15,13)14. The fraction of sp³-hybridized carbons (Fsp3) is 0.800. The molecule has 94 valence electrons. The molecule has 11 heteroatoms. The second-order valence-electron chi connectivity index (χ2n) is 2.82. The van der Waals surface area contributed by atoms with E-state index in [0.717, 1.165) is 0 Å². The van der Waals surface area contributed by atoms with Gasteiger partial charge in [-0.3, -0.25) is 4.79 Å². The maximum Gasteiger partial charge on any atom is 0.403 e. The monoisotopic (exact) mass is 277 g/mol. The van der Waals surface area contributed by atoms with Gasteiger partial charge >= 0.3 is 29.3 Å². The zero-order valence-electron chi connectivity index (χ0n) is 6.76. The summed E-state index contributed by atoms with van der Waals surface area (Å²) in [5.74, 6) is -12.8. The topological polar surface area (TPSA) is 20.3 Å². The van der Waals surface area contributed by atoms with Crippen LogP contribution in [-0.4, -0.2) is 34.2 Å². The van der Waals surface area contributed by atoms with E-state index in [1.165, 1.54) is 0 Å². The highest BCUT2D eigenvalue weighted by atomic mass is 35.5. The lowest BCUT2D eigenvalue weighted by molar-refractivity contribution is -0.303. The van der Waals surface area contributed by atoms with Gasteiger partial charge in [-0.25, -0.2) is 0 Å². The second-order valence-corrected chi connectivity index (χ2v) is 3.14. The lowest BCUT2D eigenvalue weighted by Gasteiger charge is -2.25. The molecule has 1 fully saturated rings. The number of likely N-dealkylation sites (tertiary alicyclic amines) is 1. The average molecular weight is 277 g/mol. The van der Waals surface area contributed by atoms with Crippen LogP contribution in [0.15, 0.2) is 0 Å². The van der Waals surface area contributed by atoms with Crippen molar-refractivity contribution in [1.29, 1.82) is 0 Å². The van der Waals surface area contributed by atoms with Gasteiger partial charge in [0.05, 0.1) is 0 Å². The van der Waals surface area contributed by atoms with Crippen molar-refractivity contribution < 1.29 is 39.9 Å². The molecule has 16 heavy (non-hydrogen) atoms. The number of halogens is 9. The highest BCUT2D eigenvalue weighted by Gasteiger charge is 2.94. The summed E-state index contributed by atoms with van der Waals surface area (Å²) in [6.07, 6.45) is 0. The van der Waals surface area contributed by atoms with Crippen LogP contribution < -0.4 is 0 Å². The van der Waals surface area contributed by atoms with Gasteiger partial charge in [-0.1, -0.05) is 0 Å². The van der Waals surface area contributed by atoms with Crippen molar-refractivity contribution in [2.75, 3.05) is 0 Å². The number of hydrogen-bond acceptors (Lipinski definition) is 1. The fourth-order valence-electron chi connectivity index (χ4n) is 1.06. The summed E-state index contributed by atoms with van der Waals surface area (Å²) in [5, 5.41) is -2.81. The molecule has 1 aliphatic heterocycles. The average Bonchev–Trinajstić information content (AvgIpc) is 2.05. The van der Waals surface area contributed by atoms with Gasteiger partial charge in [-0.2, -0.15) is 40.0 Å². The molecule has 0 aromatic carbocycles. The van der Waals surface area contributed by atoms with E-state index in [0.29, 0.717) is 0 Å². The van der Waals surface area contributed by atoms with Crippen LogP contribution in [0.3, 0.4) is 0 Å². The minimum absolute atomic E-state index is 2.33. The SMILES string of the molecule is O=C(Cl)N1C(F)(F)C(F)(F)C(F)(F)C1(F)F. The quantitative estimate of drug-likeness (QED) is 0.378. The minimum Gasteiger partial charge on any atom is -0.255 e. The van der Waals surface area contributed by atoms with Crippen LogP contribution in [0.5, 0.6) is 0 Å². The Morgan fingerprint density at radius 1 is 0.812 bits per heavy atom. The van der Waals surface area contributed by atoms with E-state index < -0.39 is 34.2 Å². The van der Waals surface area contributed by atoms with Gasteiger partial charge in [-0.15, -0.1) is 0 Å². The zero-order valence-corrected chi connectivity index (χ0v) is 7.51. The molecule has 0 aromatic rings. The van der Waals surface area contributed by atoms with Crippen LogP contribution in [0.25, 0.3) is 0 Å². The first-order valence-electron chi connectivity index (χ1n) is 3.33. The summed E-state index contributed by atoms with van der Waals surface area (Å²) in [7, 11) is 0. The van der Waals surface area contributed by atoms with Gasteiger partial charge in [0.25, 0.3) is 0 Å². The smallest absolute Gasteiger partial charge is 0.255 e. The van der Waals surface area contributed by atoms with Gasteiger partial charge in [0.15, 0.2) is 0 Å². The molecule has 0 atom stereocenters. The molecular formula is C5ClF8NO. The molecule has 0 saturated carbocycles. The van der Waals surface area contributed by atoms with Crippen molar-refractivity contribution >= 4 is 17.0 Å². The van der Waals surface area contributed by atoms with Crippen LogP contribution in [0, 0.1) is 0 Å². The first-order valence-corrected chi connectivity index (χ1v) is 3.70. The predicted molar refractivity (Wildman–Crippen MR) is 32.9 cm³/mol. The molecule has 0 aliphatic carbocycles. The molecule has 0 bridgehead atoms. The van der Waals surface area contributed by atoms with Crippen molar-refractivity contribution in [3.63, 3.8) is 0 Å². The summed E-state index contributed by atoms with van der Waals surface area (Å²) in [4.78, 5) is 7.79. The Morgan fingerprint density at radius 2 is 1.06 bits per heavy atom. The largest absolute Gasteiger partial charge is 0.403 e. The van der Waals surface area contributed by atoms with Crippen LogP contribution in [0.4, 0.5) is 39.9 Å². The van der Waals surface area contributed by atoms with Crippen molar-refractivity contribution in [2.24, 2.45) is 0 Å². The van der Waals surface area contributed by atoms with Crippen molar-refractivity contribution in [3.05, 3.63) is 0 Å². The lowest BCUT2D eigenvalue weighted by atomic mass is 10.2. The molecule has 1 saturated heterocycles. The highest BCUT2D eigenvalue weighted by molar-refractivity contribution is 6.63. The maximum atomic E-state index is 12.5. The highest BCUT2D eigenvalue weighted by Crippen LogP contribution is 2.62. The van der Waals surface area contributed by atoms with Gasteiger partial charge in [-0.05, 0) is 11.6 Å². The Balaban J connectivity index is 3.51. The third-order valence-corrected chi connectivity index (χ3v) is 2.06. The Bertz CT molecular complexity index is 315. The Hall–Kier alpha value is -0.800. The normalized spacial score (nSPS) is 29.2.